The van der Waals surface area contributed by atoms with Gasteiger partial charge in [0.05, 0.1) is 17.9 Å². The first kappa shape index (κ1) is 26.0. The van der Waals surface area contributed by atoms with Gasteiger partial charge in [0.2, 0.25) is 5.76 Å². The van der Waals surface area contributed by atoms with Gasteiger partial charge in [0.15, 0.2) is 0 Å². The van der Waals surface area contributed by atoms with Gasteiger partial charge in [0.25, 0.3) is 0 Å². The van der Waals surface area contributed by atoms with E-state index in [4.69, 9.17) is 10.5 Å². The molecule has 5 aliphatic carbocycles. The largest absolute Gasteiger partial charge is 0.596 e. The Labute approximate surface area is 217 Å². The van der Waals surface area contributed by atoms with Crippen LogP contribution < -0.4 is 0 Å². The Hall–Kier alpha value is -1.65. The summed E-state index contributed by atoms with van der Waals surface area (Å²) in [7, 11) is 0. The molecule has 3 unspecified atom stereocenters. The summed E-state index contributed by atoms with van der Waals surface area (Å²) in [5.74, 6) is 1.13. The van der Waals surface area contributed by atoms with E-state index in [1.807, 2.05) is 0 Å². The average Bonchev–Trinajstić information content (AvgIpc) is 2.78. The van der Waals surface area contributed by atoms with Crippen LogP contribution >= 0.6 is 0 Å². The highest BCUT2D eigenvalue weighted by Gasteiger charge is 2.71. The molecular formula is C31H48NO4+. The number of carbonyl (C=O) groups is 2. The van der Waals surface area contributed by atoms with E-state index < -0.39 is 5.97 Å². The van der Waals surface area contributed by atoms with E-state index in [1.54, 1.807) is 0 Å². The smallest absolute Gasteiger partial charge is 0.303 e. The minimum absolute atomic E-state index is 0.000186. The number of hydrogen-bond acceptors (Lipinski definition) is 3. The molecule has 0 radical (unpaired) electrons. The molecule has 0 amide bonds. The molecule has 0 heterocycles. The van der Waals surface area contributed by atoms with Crippen LogP contribution in [0.3, 0.4) is 0 Å². The Morgan fingerprint density at radius 1 is 1.06 bits per heavy atom. The second-order valence-electron chi connectivity index (χ2n) is 15.1. The SMILES string of the molecule is C[C@H]1C([OH2+])=C(C=N)C[C@@]2(C)C1CC[C@]1(C)[C@@H]2CC(=O)C2C3CC(C)(C)CC[C@]3(CC(=O)O)CC[C@]21C. The molecule has 0 aromatic rings. The molecule has 36 heavy (non-hydrogen) atoms. The van der Waals surface area contributed by atoms with Crippen molar-refractivity contribution >= 4 is 18.0 Å². The average molecular weight is 499 g/mol. The monoisotopic (exact) mass is 498 g/mol. The molecule has 4 N–H and O–H groups in total. The van der Waals surface area contributed by atoms with Gasteiger partial charge in [0.1, 0.15) is 5.78 Å². The van der Waals surface area contributed by atoms with Crippen molar-refractivity contribution in [3.8, 4) is 0 Å². The Morgan fingerprint density at radius 2 is 1.72 bits per heavy atom. The van der Waals surface area contributed by atoms with Crippen LogP contribution in [0.15, 0.2) is 11.3 Å². The zero-order chi connectivity index (χ0) is 26.5. The van der Waals surface area contributed by atoms with Gasteiger partial charge >= 0.3 is 5.97 Å². The highest BCUT2D eigenvalue weighted by Crippen LogP contribution is 2.76. The molecule has 0 aromatic heterocycles. The lowest BCUT2D eigenvalue weighted by molar-refractivity contribution is -0.227. The fraction of sp³-hybridized carbons (Fsp3) is 0.839. The predicted molar refractivity (Wildman–Crippen MR) is 142 cm³/mol. The number of ketones is 1. The zero-order valence-corrected chi connectivity index (χ0v) is 23.3. The minimum Gasteiger partial charge on any atom is -0.596 e. The number of carboxylic acids is 1. The van der Waals surface area contributed by atoms with Crippen molar-refractivity contribution in [2.75, 3.05) is 0 Å². The van der Waals surface area contributed by atoms with E-state index in [1.165, 1.54) is 6.21 Å². The van der Waals surface area contributed by atoms with Crippen molar-refractivity contribution in [3.63, 3.8) is 0 Å². The summed E-state index contributed by atoms with van der Waals surface area (Å²) < 4.78 is 0. The summed E-state index contributed by atoms with van der Waals surface area (Å²) in [6.45, 7) is 14.0. The van der Waals surface area contributed by atoms with E-state index in [9.17, 15) is 14.7 Å². The maximum absolute atomic E-state index is 14.4. The lowest BCUT2D eigenvalue weighted by Gasteiger charge is -2.71. The Balaban J connectivity index is 1.59. The quantitative estimate of drug-likeness (QED) is 0.349. The van der Waals surface area contributed by atoms with E-state index in [2.05, 4.69) is 41.5 Å². The number of carboxylic acid groups (broad SMARTS) is 1. The van der Waals surface area contributed by atoms with Crippen LogP contribution in [0.25, 0.3) is 0 Å². The third kappa shape index (κ3) is 3.29. The lowest BCUT2D eigenvalue weighted by atomic mass is 9.32. The Morgan fingerprint density at radius 3 is 2.36 bits per heavy atom. The maximum atomic E-state index is 14.4. The summed E-state index contributed by atoms with van der Waals surface area (Å²) in [6, 6.07) is 0. The van der Waals surface area contributed by atoms with E-state index in [-0.39, 0.29) is 57.2 Å². The van der Waals surface area contributed by atoms with Crippen LogP contribution in [-0.4, -0.2) is 28.2 Å². The third-order valence-electron chi connectivity index (χ3n) is 13.2. The van der Waals surface area contributed by atoms with E-state index >= 15 is 0 Å². The molecule has 5 aliphatic rings. The Bertz CT molecular complexity index is 1030. The fourth-order valence-electron chi connectivity index (χ4n) is 11.0. The van der Waals surface area contributed by atoms with Crippen LogP contribution in [0.2, 0.25) is 0 Å². The molecule has 9 atom stereocenters. The van der Waals surface area contributed by atoms with Gasteiger partial charge in [-0.1, -0.05) is 34.6 Å². The standard InChI is InChI=1S/C31H47NO4/c1-18-20-7-8-29(5)23(28(20,4)14-19(17-32)26(18)36)13-22(33)25-21-15-27(2,3)9-11-31(21,16-24(34)35)12-10-30(25,29)6/h17-18,20-21,23,25,32,36H,7-16H2,1-6H3,(H,34,35)/p+1/t18-,20?,21?,23-,25?,28+,29-,30-,31-/m1/s1. The molecule has 5 heteroatoms. The van der Waals surface area contributed by atoms with Crippen molar-refractivity contribution in [1.82, 2.24) is 0 Å². The van der Waals surface area contributed by atoms with Crippen molar-refractivity contribution < 1.29 is 19.8 Å². The highest BCUT2D eigenvalue weighted by molar-refractivity contribution is 5.85. The van der Waals surface area contributed by atoms with E-state index in [0.29, 0.717) is 23.9 Å². The zero-order valence-electron chi connectivity index (χ0n) is 23.3. The number of aliphatic carboxylic acids is 1. The van der Waals surface area contributed by atoms with Crippen molar-refractivity contribution in [2.45, 2.75) is 106 Å². The highest BCUT2D eigenvalue weighted by atomic mass is 16.4. The number of fused-ring (bicyclic) bond motifs is 7. The van der Waals surface area contributed by atoms with Gasteiger partial charge in [-0.15, -0.1) is 0 Å². The van der Waals surface area contributed by atoms with Gasteiger partial charge in [-0.2, -0.15) is 0 Å². The number of allylic oxidation sites excluding steroid dienone is 2. The molecule has 0 bridgehead atoms. The van der Waals surface area contributed by atoms with Crippen LogP contribution in [-0.2, 0) is 9.59 Å². The van der Waals surface area contributed by atoms with Gasteiger partial charge < -0.3 is 15.6 Å². The van der Waals surface area contributed by atoms with Crippen molar-refractivity contribution in [1.29, 1.82) is 5.41 Å². The maximum Gasteiger partial charge on any atom is 0.303 e. The molecule has 0 spiro atoms. The number of nitrogens with one attached hydrogen (secondary N) is 1. The van der Waals surface area contributed by atoms with Gasteiger partial charge in [-0.25, -0.2) is 0 Å². The van der Waals surface area contributed by atoms with Gasteiger partial charge in [-0.3, -0.25) is 9.59 Å². The van der Waals surface area contributed by atoms with Crippen molar-refractivity contribution in [2.24, 2.45) is 56.7 Å². The summed E-state index contributed by atoms with van der Waals surface area (Å²) in [6.07, 6.45) is 9.84. The first-order valence-corrected chi connectivity index (χ1v) is 14.3. The number of rotatable bonds is 3. The molecule has 200 valence electrons. The van der Waals surface area contributed by atoms with E-state index in [0.717, 1.165) is 56.9 Å². The fourth-order valence-corrected chi connectivity index (χ4v) is 11.0. The molecular weight excluding hydrogens is 450 g/mol. The molecule has 0 aromatic carbocycles. The molecule has 4 fully saturated rings. The first-order chi connectivity index (χ1) is 16.6. The first-order valence-electron chi connectivity index (χ1n) is 14.3. The Kier molecular flexibility index (Phi) is 5.72. The minimum atomic E-state index is -0.711. The normalized spacial score (nSPS) is 49.8. The van der Waals surface area contributed by atoms with Crippen molar-refractivity contribution in [3.05, 3.63) is 11.3 Å². The second-order valence-corrected chi connectivity index (χ2v) is 15.1. The predicted octanol–water partition coefficient (Wildman–Crippen LogP) is 6.37. The molecule has 5 nitrogen and oxygen atoms in total. The number of hydrogen-bond donors (Lipinski definition) is 2. The van der Waals surface area contributed by atoms with Crippen LogP contribution in [0, 0.1) is 62.1 Å². The lowest BCUT2D eigenvalue weighted by Crippen LogP contribution is -2.68. The summed E-state index contributed by atoms with van der Waals surface area (Å²) in [4.78, 5) is 26.5. The number of Topliss-reactive ketones (excluding diaryl/α,β-unsaturated/α-hetero) is 1. The molecule has 4 saturated carbocycles. The summed E-state index contributed by atoms with van der Waals surface area (Å²) >= 11 is 0. The molecule has 5 rings (SSSR count). The summed E-state index contributed by atoms with van der Waals surface area (Å²) in [5, 5.41) is 26.6. The topological polar surface area (TPSA) is 101 Å². The number of carbonyl (C=O) groups excluding carboxylic acids is 1. The van der Waals surface area contributed by atoms with Crippen LogP contribution in [0.1, 0.15) is 106 Å². The second kappa shape index (κ2) is 7.93. The summed E-state index contributed by atoms with van der Waals surface area (Å²) in [5.41, 5.74) is 0.513. The van der Waals surface area contributed by atoms with Crippen LogP contribution in [0.5, 0.6) is 0 Å². The van der Waals surface area contributed by atoms with Gasteiger partial charge in [0, 0.05) is 18.6 Å². The van der Waals surface area contributed by atoms with Crippen LogP contribution in [0.4, 0.5) is 0 Å². The molecule has 0 aliphatic heterocycles. The third-order valence-corrected chi connectivity index (χ3v) is 13.2. The van der Waals surface area contributed by atoms with Gasteiger partial charge in [-0.05, 0) is 103 Å². The molecule has 0 saturated heterocycles.